The van der Waals surface area contributed by atoms with Crippen molar-refractivity contribution in [2.24, 2.45) is 0 Å². The zero-order chi connectivity index (χ0) is 19.1. The number of hydrogen-bond acceptors (Lipinski definition) is 8. The van der Waals surface area contributed by atoms with Gasteiger partial charge in [0.15, 0.2) is 5.75 Å². The summed E-state index contributed by atoms with van der Waals surface area (Å²) in [5.74, 6) is -1.77. The van der Waals surface area contributed by atoms with Crippen LogP contribution in [0.3, 0.4) is 0 Å². The highest BCUT2D eigenvalue weighted by Gasteiger charge is 2.35. The molecule has 0 aliphatic rings. The van der Waals surface area contributed by atoms with Crippen molar-refractivity contribution in [1.82, 2.24) is 14.6 Å². The number of alkyl halides is 3. The van der Waals surface area contributed by atoms with Crippen molar-refractivity contribution in [1.29, 1.82) is 0 Å². The highest BCUT2D eigenvalue weighted by molar-refractivity contribution is 7.10. The predicted molar refractivity (Wildman–Crippen MR) is 83.6 cm³/mol. The minimum Gasteiger partial charge on any atom is -0.504 e. The van der Waals surface area contributed by atoms with Gasteiger partial charge in [0.1, 0.15) is 5.69 Å². The fraction of sp³-hybridized carbons (Fsp3) is 0.0714. The van der Waals surface area contributed by atoms with Gasteiger partial charge < -0.3 is 10.2 Å². The van der Waals surface area contributed by atoms with Crippen molar-refractivity contribution in [3.05, 3.63) is 46.3 Å². The zero-order valence-electron chi connectivity index (χ0n) is 12.4. The molecule has 0 amide bonds. The number of aromatic hydroxyl groups is 2. The number of nitro groups is 1. The van der Waals surface area contributed by atoms with Gasteiger partial charge in [-0.25, -0.2) is 0 Å². The standard InChI is InChI=1S/C14H7F3N4O4S/c15-14(16,17)8-1-2-18-5-7(8)13-11(19-20-26-13)6-3-9(21(24)25)12(23)10(22)4-6/h1-5,22-23H. The Labute approximate surface area is 146 Å². The smallest absolute Gasteiger partial charge is 0.417 e. The summed E-state index contributed by atoms with van der Waals surface area (Å²) in [5, 5.41) is 33.9. The van der Waals surface area contributed by atoms with Crippen LogP contribution < -0.4 is 0 Å². The molecule has 2 N–H and O–H groups in total. The Morgan fingerprint density at radius 2 is 1.96 bits per heavy atom. The average Bonchev–Trinajstić information content (AvgIpc) is 3.05. The molecule has 0 aliphatic heterocycles. The van der Waals surface area contributed by atoms with E-state index in [-0.39, 0.29) is 21.7 Å². The molecule has 3 aromatic rings. The minimum atomic E-state index is -4.66. The summed E-state index contributed by atoms with van der Waals surface area (Å²) < 4.78 is 43.3. The molecule has 2 aromatic heterocycles. The van der Waals surface area contributed by atoms with E-state index in [1.165, 1.54) is 0 Å². The van der Waals surface area contributed by atoms with Crippen LogP contribution in [0.5, 0.6) is 11.5 Å². The number of phenols is 2. The second kappa shape index (κ2) is 6.22. The average molecular weight is 384 g/mol. The Morgan fingerprint density at radius 1 is 1.23 bits per heavy atom. The van der Waals surface area contributed by atoms with Crippen LogP contribution in [0.15, 0.2) is 30.6 Å². The van der Waals surface area contributed by atoms with Crippen LogP contribution in [0, 0.1) is 10.1 Å². The molecule has 3 rings (SSSR count). The lowest BCUT2D eigenvalue weighted by Gasteiger charge is -2.11. The number of halogens is 3. The van der Waals surface area contributed by atoms with Gasteiger partial charge in [-0.2, -0.15) is 13.2 Å². The molecule has 8 nitrogen and oxygen atoms in total. The molecule has 0 unspecified atom stereocenters. The number of nitrogens with zero attached hydrogens (tertiary/aromatic N) is 4. The lowest BCUT2D eigenvalue weighted by Crippen LogP contribution is -2.07. The first-order chi connectivity index (χ1) is 12.2. The number of nitro benzene ring substituents is 1. The minimum absolute atomic E-state index is 0.0372. The Balaban J connectivity index is 2.23. The fourth-order valence-corrected chi connectivity index (χ4v) is 2.97. The predicted octanol–water partition coefficient (Wildman–Crippen LogP) is 3.61. The summed E-state index contributed by atoms with van der Waals surface area (Å²) in [6.45, 7) is 0. The van der Waals surface area contributed by atoms with Crippen LogP contribution >= 0.6 is 11.5 Å². The normalized spacial score (nSPS) is 11.5. The number of hydrogen-bond donors (Lipinski definition) is 2. The molecule has 0 atom stereocenters. The number of benzene rings is 1. The lowest BCUT2D eigenvalue weighted by atomic mass is 10.0. The molecular formula is C14H7F3N4O4S. The molecule has 1 aromatic carbocycles. The quantitative estimate of drug-likeness (QED) is 0.402. The van der Waals surface area contributed by atoms with E-state index in [4.69, 9.17) is 0 Å². The van der Waals surface area contributed by atoms with E-state index < -0.39 is 33.8 Å². The third kappa shape index (κ3) is 3.01. The first kappa shape index (κ1) is 17.5. The van der Waals surface area contributed by atoms with Crippen LogP contribution in [0.2, 0.25) is 0 Å². The highest BCUT2D eigenvalue weighted by atomic mass is 32.1. The van der Waals surface area contributed by atoms with Crippen LogP contribution in [-0.4, -0.2) is 29.7 Å². The van der Waals surface area contributed by atoms with E-state index in [1.807, 2.05) is 0 Å². The van der Waals surface area contributed by atoms with Gasteiger partial charge in [0.25, 0.3) is 0 Å². The maximum Gasteiger partial charge on any atom is 0.417 e. The van der Waals surface area contributed by atoms with E-state index in [0.29, 0.717) is 11.5 Å². The van der Waals surface area contributed by atoms with E-state index in [1.54, 1.807) is 0 Å². The zero-order valence-corrected chi connectivity index (χ0v) is 13.2. The first-order valence-electron chi connectivity index (χ1n) is 6.75. The molecule has 0 radical (unpaired) electrons. The fourth-order valence-electron chi connectivity index (χ4n) is 2.26. The van der Waals surface area contributed by atoms with Crippen molar-refractivity contribution in [3.8, 4) is 33.2 Å². The maximum atomic E-state index is 13.2. The van der Waals surface area contributed by atoms with E-state index in [0.717, 1.165) is 30.6 Å². The summed E-state index contributed by atoms with van der Waals surface area (Å²) in [5.41, 5.74) is -2.29. The Bertz CT molecular complexity index is 1010. The van der Waals surface area contributed by atoms with Crippen LogP contribution in [0.25, 0.3) is 21.7 Å². The van der Waals surface area contributed by atoms with Gasteiger partial charge in [-0.05, 0) is 23.7 Å². The summed E-state index contributed by atoms with van der Waals surface area (Å²) >= 11 is 0.637. The van der Waals surface area contributed by atoms with Crippen molar-refractivity contribution >= 4 is 17.2 Å². The summed E-state index contributed by atoms with van der Waals surface area (Å²) in [6, 6.07) is 2.63. The van der Waals surface area contributed by atoms with Crippen molar-refractivity contribution in [3.63, 3.8) is 0 Å². The molecule has 0 saturated heterocycles. The van der Waals surface area contributed by atoms with Gasteiger partial charge in [0.05, 0.1) is 15.4 Å². The van der Waals surface area contributed by atoms with Gasteiger partial charge in [-0.3, -0.25) is 15.1 Å². The third-order valence-electron chi connectivity index (χ3n) is 3.40. The van der Waals surface area contributed by atoms with Gasteiger partial charge in [0, 0.05) is 29.6 Å². The molecular weight excluding hydrogens is 377 g/mol. The van der Waals surface area contributed by atoms with E-state index in [2.05, 4.69) is 14.6 Å². The molecule has 0 fully saturated rings. The molecule has 0 saturated carbocycles. The second-order valence-corrected chi connectivity index (χ2v) is 5.74. The van der Waals surface area contributed by atoms with Crippen molar-refractivity contribution in [2.45, 2.75) is 6.18 Å². The third-order valence-corrected chi connectivity index (χ3v) is 4.16. The number of phenolic OH excluding ortho intramolecular Hbond substituents is 2. The van der Waals surface area contributed by atoms with Crippen LogP contribution in [0.4, 0.5) is 18.9 Å². The molecule has 26 heavy (non-hydrogen) atoms. The monoisotopic (exact) mass is 384 g/mol. The highest BCUT2D eigenvalue weighted by Crippen LogP contribution is 2.44. The molecule has 12 heteroatoms. The second-order valence-electron chi connectivity index (χ2n) is 4.99. The first-order valence-corrected chi connectivity index (χ1v) is 7.52. The van der Waals surface area contributed by atoms with Gasteiger partial charge in [-0.1, -0.05) is 4.49 Å². The molecule has 134 valence electrons. The molecule has 0 aliphatic carbocycles. The molecule has 2 heterocycles. The summed E-state index contributed by atoms with van der Waals surface area (Å²) in [7, 11) is 0. The van der Waals surface area contributed by atoms with Crippen molar-refractivity contribution < 1.29 is 28.3 Å². The van der Waals surface area contributed by atoms with Gasteiger partial charge >= 0.3 is 11.9 Å². The van der Waals surface area contributed by atoms with E-state index >= 15 is 0 Å². The Kier molecular flexibility index (Phi) is 4.20. The largest absolute Gasteiger partial charge is 0.504 e. The van der Waals surface area contributed by atoms with Gasteiger partial charge in [0.2, 0.25) is 5.75 Å². The Morgan fingerprint density at radius 3 is 2.62 bits per heavy atom. The SMILES string of the molecule is O=[N+]([O-])c1cc(-c2nnsc2-c2cnccc2C(F)(F)F)cc(O)c1O. The molecule has 0 spiro atoms. The van der Waals surface area contributed by atoms with Crippen LogP contribution in [0.1, 0.15) is 5.56 Å². The van der Waals surface area contributed by atoms with E-state index in [9.17, 15) is 33.5 Å². The topological polar surface area (TPSA) is 122 Å². The maximum absolute atomic E-state index is 13.2. The number of aromatic nitrogens is 3. The molecule has 0 bridgehead atoms. The lowest BCUT2D eigenvalue weighted by molar-refractivity contribution is -0.385. The Hall–Kier alpha value is -3.28. The van der Waals surface area contributed by atoms with Crippen molar-refractivity contribution in [2.75, 3.05) is 0 Å². The number of rotatable bonds is 3. The summed E-state index contributed by atoms with van der Waals surface area (Å²) in [6.07, 6.45) is -2.70. The summed E-state index contributed by atoms with van der Waals surface area (Å²) in [4.78, 5) is 13.7. The number of pyridine rings is 1. The van der Waals surface area contributed by atoms with Crippen LogP contribution in [-0.2, 0) is 6.18 Å². The van der Waals surface area contributed by atoms with Gasteiger partial charge in [-0.15, -0.1) is 5.10 Å².